The van der Waals surface area contributed by atoms with Gasteiger partial charge >= 0.3 is 0 Å². The summed E-state index contributed by atoms with van der Waals surface area (Å²) in [6.45, 7) is 1.50. The summed E-state index contributed by atoms with van der Waals surface area (Å²) in [5.41, 5.74) is 4.17. The minimum absolute atomic E-state index is 0.0640. The fourth-order valence-electron chi connectivity index (χ4n) is 3.59. The first-order chi connectivity index (χ1) is 15.7. The van der Waals surface area contributed by atoms with Crippen LogP contribution in [0.2, 0.25) is 0 Å². The Bertz CT molecular complexity index is 1160. The lowest BCUT2D eigenvalue weighted by atomic mass is 9.90. The van der Waals surface area contributed by atoms with E-state index in [4.69, 9.17) is 15.3 Å². The van der Waals surface area contributed by atoms with Gasteiger partial charge in [-0.2, -0.15) is 0 Å². The molecule has 2 aromatic carbocycles. The van der Waals surface area contributed by atoms with E-state index in [1.54, 1.807) is 12.4 Å². The van der Waals surface area contributed by atoms with Crippen molar-refractivity contribution in [1.82, 2.24) is 15.3 Å². The van der Waals surface area contributed by atoms with Crippen molar-refractivity contribution in [3.63, 3.8) is 0 Å². The van der Waals surface area contributed by atoms with Crippen molar-refractivity contribution < 1.29 is 9.84 Å². The third kappa shape index (κ3) is 5.35. The zero-order valence-corrected chi connectivity index (χ0v) is 17.7. The number of nitrogens with zero attached hydrogens (tertiary/aromatic N) is 2. The van der Waals surface area contributed by atoms with E-state index in [9.17, 15) is 0 Å². The Balaban J connectivity index is 1.43. The van der Waals surface area contributed by atoms with Crippen LogP contribution in [0.4, 0.5) is 0 Å². The van der Waals surface area contributed by atoms with Crippen LogP contribution < -0.4 is 10.1 Å². The van der Waals surface area contributed by atoms with E-state index >= 15 is 0 Å². The largest absolute Gasteiger partial charge is 0.487 e. The van der Waals surface area contributed by atoms with Gasteiger partial charge in [0.25, 0.3) is 0 Å². The molecule has 6 heteroatoms. The number of ether oxygens (including phenoxy) is 1. The number of hydrogen-bond donors (Lipinski definition) is 3. The molecular formula is C26H26N4O2. The van der Waals surface area contributed by atoms with E-state index in [2.05, 4.69) is 21.4 Å². The number of rotatable bonds is 10. The molecule has 0 amide bonds. The van der Waals surface area contributed by atoms with E-state index < -0.39 is 0 Å². The average Bonchev–Trinajstić information content (AvgIpc) is 2.86. The van der Waals surface area contributed by atoms with Gasteiger partial charge in [-0.1, -0.05) is 24.3 Å². The highest BCUT2D eigenvalue weighted by Crippen LogP contribution is 2.22. The second-order valence-corrected chi connectivity index (χ2v) is 7.48. The van der Waals surface area contributed by atoms with Crippen molar-refractivity contribution in [2.75, 3.05) is 19.7 Å². The SMILES string of the molecule is N=C(c1ccc(OCc2ccc3ccccc3n2)cc1)C(CNCCO)c1ccncc1. The fourth-order valence-corrected chi connectivity index (χ4v) is 3.59. The molecule has 32 heavy (non-hydrogen) atoms. The molecule has 0 saturated heterocycles. The number of fused-ring (bicyclic) bond motifs is 1. The summed E-state index contributed by atoms with van der Waals surface area (Å²) < 4.78 is 5.92. The topological polar surface area (TPSA) is 91.1 Å². The molecule has 2 heterocycles. The molecule has 0 fully saturated rings. The van der Waals surface area contributed by atoms with Crippen LogP contribution >= 0.6 is 0 Å². The molecular weight excluding hydrogens is 400 g/mol. The molecule has 0 aliphatic carbocycles. The van der Waals surface area contributed by atoms with Crippen LogP contribution in [0.1, 0.15) is 22.7 Å². The molecule has 2 aromatic heterocycles. The third-order valence-corrected chi connectivity index (χ3v) is 5.30. The monoisotopic (exact) mass is 426 g/mol. The molecule has 4 rings (SSSR count). The predicted molar refractivity (Wildman–Crippen MR) is 126 cm³/mol. The van der Waals surface area contributed by atoms with E-state index in [0.29, 0.717) is 25.4 Å². The number of para-hydroxylation sites is 1. The zero-order chi connectivity index (χ0) is 22.2. The molecule has 4 aromatic rings. The van der Waals surface area contributed by atoms with Gasteiger partial charge in [-0.3, -0.25) is 4.98 Å². The van der Waals surface area contributed by atoms with Crippen molar-refractivity contribution in [2.45, 2.75) is 12.5 Å². The maximum absolute atomic E-state index is 9.08. The summed E-state index contributed by atoms with van der Waals surface area (Å²) in [5.74, 6) is 0.591. The smallest absolute Gasteiger partial charge is 0.130 e. The van der Waals surface area contributed by atoms with Crippen LogP contribution in [0.3, 0.4) is 0 Å². The molecule has 1 unspecified atom stereocenters. The Hall–Kier alpha value is -3.61. The van der Waals surface area contributed by atoms with Crippen LogP contribution in [0.25, 0.3) is 10.9 Å². The van der Waals surface area contributed by atoms with E-state index in [1.807, 2.05) is 66.7 Å². The fraction of sp³-hybridized carbons (Fsp3) is 0.192. The summed E-state index contributed by atoms with van der Waals surface area (Å²) in [7, 11) is 0. The number of aliphatic hydroxyl groups is 1. The Morgan fingerprint density at radius 3 is 2.53 bits per heavy atom. The first-order valence-electron chi connectivity index (χ1n) is 10.6. The molecule has 0 saturated carbocycles. The molecule has 0 bridgehead atoms. The number of aromatic nitrogens is 2. The number of pyridine rings is 2. The van der Waals surface area contributed by atoms with Gasteiger partial charge in [0.2, 0.25) is 0 Å². The summed E-state index contributed by atoms with van der Waals surface area (Å²) in [4.78, 5) is 8.72. The Morgan fingerprint density at radius 1 is 0.969 bits per heavy atom. The van der Waals surface area contributed by atoms with Crippen LogP contribution in [0.5, 0.6) is 5.75 Å². The summed E-state index contributed by atoms with van der Waals surface area (Å²) in [6.07, 6.45) is 3.47. The van der Waals surface area contributed by atoms with Crippen molar-refractivity contribution in [3.05, 3.63) is 102 Å². The highest BCUT2D eigenvalue weighted by Gasteiger charge is 2.18. The predicted octanol–water partition coefficient (Wildman–Crippen LogP) is 3.94. The third-order valence-electron chi connectivity index (χ3n) is 5.30. The summed E-state index contributed by atoms with van der Waals surface area (Å²) in [5, 5.41) is 22.2. The maximum atomic E-state index is 9.08. The summed E-state index contributed by atoms with van der Waals surface area (Å²) >= 11 is 0. The van der Waals surface area contributed by atoms with Gasteiger partial charge in [0, 0.05) is 42.5 Å². The van der Waals surface area contributed by atoms with Crippen molar-refractivity contribution in [2.24, 2.45) is 0 Å². The quantitative estimate of drug-likeness (QED) is 0.264. The second-order valence-electron chi connectivity index (χ2n) is 7.48. The first-order valence-corrected chi connectivity index (χ1v) is 10.6. The molecule has 0 radical (unpaired) electrons. The van der Waals surface area contributed by atoms with Gasteiger partial charge in [0.05, 0.1) is 17.8 Å². The first kappa shape index (κ1) is 21.6. The summed E-state index contributed by atoms with van der Waals surface area (Å²) in [6, 6.07) is 23.5. The van der Waals surface area contributed by atoms with Crippen LogP contribution in [0.15, 0.2) is 85.2 Å². The van der Waals surface area contributed by atoms with Gasteiger partial charge in [-0.05, 0) is 59.7 Å². The second kappa shape index (κ2) is 10.6. The van der Waals surface area contributed by atoms with E-state index in [1.165, 1.54) is 0 Å². The molecule has 162 valence electrons. The molecule has 0 aliphatic rings. The normalized spacial score (nSPS) is 11.9. The zero-order valence-electron chi connectivity index (χ0n) is 17.7. The lowest BCUT2D eigenvalue weighted by Gasteiger charge is -2.19. The van der Waals surface area contributed by atoms with Crippen LogP contribution in [0, 0.1) is 5.41 Å². The van der Waals surface area contributed by atoms with Gasteiger partial charge in [0.1, 0.15) is 12.4 Å². The minimum atomic E-state index is -0.141. The van der Waals surface area contributed by atoms with Crippen LogP contribution in [-0.2, 0) is 6.61 Å². The van der Waals surface area contributed by atoms with Crippen LogP contribution in [-0.4, -0.2) is 40.5 Å². The molecule has 6 nitrogen and oxygen atoms in total. The van der Waals surface area contributed by atoms with Gasteiger partial charge in [0.15, 0.2) is 0 Å². The number of hydrogen-bond acceptors (Lipinski definition) is 6. The molecule has 3 N–H and O–H groups in total. The maximum Gasteiger partial charge on any atom is 0.130 e. The Kier molecular flexibility index (Phi) is 7.17. The standard InChI is InChI=1S/C26H26N4O2/c27-26(24(17-29-15-16-31)19-11-13-28-14-12-19)21-6-9-23(10-7-21)32-18-22-8-5-20-3-1-2-4-25(20)30-22/h1-14,24,27,29,31H,15-18H2. The number of nitrogens with one attached hydrogen (secondary N) is 2. The number of aliphatic hydroxyl groups excluding tert-OH is 1. The molecule has 0 spiro atoms. The molecule has 0 aliphatic heterocycles. The van der Waals surface area contributed by atoms with Gasteiger partial charge in [-0.15, -0.1) is 0 Å². The lowest BCUT2D eigenvalue weighted by Crippen LogP contribution is -2.29. The van der Waals surface area contributed by atoms with E-state index in [0.717, 1.165) is 33.5 Å². The van der Waals surface area contributed by atoms with Crippen molar-refractivity contribution in [1.29, 1.82) is 5.41 Å². The van der Waals surface area contributed by atoms with Gasteiger partial charge < -0.3 is 20.6 Å². The minimum Gasteiger partial charge on any atom is -0.487 e. The Labute approximate surface area is 187 Å². The van der Waals surface area contributed by atoms with E-state index in [-0.39, 0.29) is 12.5 Å². The van der Waals surface area contributed by atoms with Crippen molar-refractivity contribution in [3.8, 4) is 5.75 Å². The highest BCUT2D eigenvalue weighted by atomic mass is 16.5. The molecule has 1 atom stereocenters. The average molecular weight is 427 g/mol. The van der Waals surface area contributed by atoms with Crippen molar-refractivity contribution >= 4 is 16.6 Å². The number of benzene rings is 2. The Morgan fingerprint density at radius 2 is 1.75 bits per heavy atom. The van der Waals surface area contributed by atoms with Gasteiger partial charge in [-0.25, -0.2) is 4.98 Å². The highest BCUT2D eigenvalue weighted by molar-refractivity contribution is 6.03. The lowest BCUT2D eigenvalue weighted by molar-refractivity contribution is 0.292.